The van der Waals surface area contributed by atoms with Crippen molar-refractivity contribution >= 4 is 16.3 Å². The molecule has 2 heterocycles. The van der Waals surface area contributed by atoms with E-state index in [1.807, 2.05) is 29.6 Å². The molecule has 0 atom stereocenters. The zero-order chi connectivity index (χ0) is 15.6. The van der Waals surface area contributed by atoms with Gasteiger partial charge < -0.3 is 4.74 Å². The third-order valence-corrected chi connectivity index (χ3v) is 5.33. The number of benzene rings is 1. The van der Waals surface area contributed by atoms with Gasteiger partial charge in [-0.1, -0.05) is 42.7 Å². The molecular formula is C17H20N4OS. The Labute approximate surface area is 139 Å². The maximum atomic E-state index is 5.58. The molecule has 6 heteroatoms. The van der Waals surface area contributed by atoms with Crippen LogP contribution < -0.4 is 4.74 Å². The molecule has 3 aromatic rings. The number of hydrogen-bond donors (Lipinski definition) is 0. The van der Waals surface area contributed by atoms with Gasteiger partial charge in [0.05, 0.1) is 6.61 Å². The highest BCUT2D eigenvalue weighted by Gasteiger charge is 2.23. The van der Waals surface area contributed by atoms with Crippen LogP contribution in [-0.4, -0.2) is 26.4 Å². The average Bonchev–Trinajstić information content (AvgIpc) is 3.17. The highest BCUT2D eigenvalue weighted by Crippen LogP contribution is 2.34. The Kier molecular flexibility index (Phi) is 3.99. The zero-order valence-electron chi connectivity index (χ0n) is 13.2. The van der Waals surface area contributed by atoms with Crippen LogP contribution in [0.15, 0.2) is 24.3 Å². The molecule has 0 aliphatic heterocycles. The van der Waals surface area contributed by atoms with Crippen LogP contribution in [0.5, 0.6) is 5.75 Å². The van der Waals surface area contributed by atoms with Crippen molar-refractivity contribution in [1.82, 2.24) is 19.8 Å². The van der Waals surface area contributed by atoms with E-state index in [1.54, 1.807) is 11.3 Å². The number of hydrogen-bond acceptors (Lipinski definition) is 5. The number of rotatable bonds is 4. The normalized spacial score (nSPS) is 16.0. The number of ether oxygens (including phenoxy) is 1. The van der Waals surface area contributed by atoms with E-state index in [2.05, 4.69) is 16.3 Å². The Morgan fingerprint density at radius 2 is 2.09 bits per heavy atom. The molecule has 0 N–H and O–H groups in total. The maximum Gasteiger partial charge on any atom is 0.234 e. The van der Waals surface area contributed by atoms with E-state index < -0.39 is 0 Å². The fraction of sp³-hybridized carbons (Fsp3) is 0.471. The molecule has 0 radical (unpaired) electrons. The minimum absolute atomic E-state index is 0.503. The molecular weight excluding hydrogens is 308 g/mol. The van der Waals surface area contributed by atoms with Crippen molar-refractivity contribution in [2.24, 2.45) is 0 Å². The van der Waals surface area contributed by atoms with Crippen LogP contribution in [0.2, 0.25) is 0 Å². The SMILES string of the molecule is CCOc1cccc(-c2nn3c(C4CCCCC4)nnc3s2)c1. The maximum absolute atomic E-state index is 5.58. The molecule has 23 heavy (non-hydrogen) atoms. The van der Waals surface area contributed by atoms with Gasteiger partial charge in [-0.25, -0.2) is 0 Å². The van der Waals surface area contributed by atoms with Crippen LogP contribution >= 0.6 is 11.3 Å². The fourth-order valence-electron chi connectivity index (χ4n) is 3.25. The van der Waals surface area contributed by atoms with Gasteiger partial charge in [0, 0.05) is 11.5 Å². The molecule has 1 aromatic carbocycles. The van der Waals surface area contributed by atoms with E-state index >= 15 is 0 Å². The zero-order valence-corrected chi connectivity index (χ0v) is 14.1. The molecule has 0 unspecified atom stereocenters. The van der Waals surface area contributed by atoms with Crippen LogP contribution in [0.4, 0.5) is 0 Å². The highest BCUT2D eigenvalue weighted by atomic mass is 32.1. The third-order valence-electron chi connectivity index (χ3n) is 4.38. The second kappa shape index (κ2) is 6.28. The first-order chi connectivity index (χ1) is 11.3. The Bertz CT molecular complexity index is 804. The Morgan fingerprint density at radius 3 is 2.91 bits per heavy atom. The molecule has 120 valence electrons. The summed E-state index contributed by atoms with van der Waals surface area (Å²) in [6.07, 6.45) is 6.31. The number of aromatic nitrogens is 4. The van der Waals surface area contributed by atoms with Gasteiger partial charge in [0.1, 0.15) is 10.8 Å². The summed E-state index contributed by atoms with van der Waals surface area (Å²) in [6.45, 7) is 2.66. The lowest BCUT2D eigenvalue weighted by Gasteiger charge is -2.18. The second-order valence-corrected chi connectivity index (χ2v) is 6.91. The van der Waals surface area contributed by atoms with Gasteiger partial charge in [0.15, 0.2) is 5.82 Å². The molecule has 1 saturated carbocycles. The quantitative estimate of drug-likeness (QED) is 0.716. The highest BCUT2D eigenvalue weighted by molar-refractivity contribution is 7.19. The van der Waals surface area contributed by atoms with Crippen molar-refractivity contribution in [1.29, 1.82) is 0 Å². The predicted octanol–water partition coefficient (Wildman–Crippen LogP) is 4.30. The van der Waals surface area contributed by atoms with Gasteiger partial charge in [-0.2, -0.15) is 9.61 Å². The lowest BCUT2D eigenvalue weighted by atomic mass is 9.89. The van der Waals surface area contributed by atoms with Gasteiger partial charge in [0.25, 0.3) is 0 Å². The van der Waals surface area contributed by atoms with Crippen molar-refractivity contribution in [3.05, 3.63) is 30.1 Å². The molecule has 1 aliphatic rings. The van der Waals surface area contributed by atoms with Gasteiger partial charge in [-0.15, -0.1) is 10.2 Å². The topological polar surface area (TPSA) is 52.3 Å². The van der Waals surface area contributed by atoms with Crippen LogP contribution in [0.25, 0.3) is 15.5 Å². The molecule has 1 fully saturated rings. The fourth-order valence-corrected chi connectivity index (χ4v) is 4.09. The smallest absolute Gasteiger partial charge is 0.234 e. The molecule has 4 rings (SSSR count). The molecule has 1 aliphatic carbocycles. The Morgan fingerprint density at radius 1 is 1.22 bits per heavy atom. The molecule has 0 saturated heterocycles. The number of fused-ring (bicyclic) bond motifs is 1. The molecule has 5 nitrogen and oxygen atoms in total. The summed E-state index contributed by atoms with van der Waals surface area (Å²) in [5.41, 5.74) is 1.07. The summed E-state index contributed by atoms with van der Waals surface area (Å²) in [7, 11) is 0. The summed E-state index contributed by atoms with van der Waals surface area (Å²) in [4.78, 5) is 0.877. The van der Waals surface area contributed by atoms with E-state index in [0.717, 1.165) is 27.1 Å². The van der Waals surface area contributed by atoms with Crippen molar-refractivity contribution in [2.75, 3.05) is 6.61 Å². The van der Waals surface area contributed by atoms with E-state index in [-0.39, 0.29) is 0 Å². The Hall–Kier alpha value is -1.95. The first-order valence-electron chi connectivity index (χ1n) is 8.30. The summed E-state index contributed by atoms with van der Waals surface area (Å²) in [5.74, 6) is 2.41. The summed E-state index contributed by atoms with van der Waals surface area (Å²) in [6, 6.07) is 8.08. The monoisotopic (exact) mass is 328 g/mol. The average molecular weight is 328 g/mol. The van der Waals surface area contributed by atoms with Gasteiger partial charge >= 0.3 is 0 Å². The lowest BCUT2D eigenvalue weighted by molar-refractivity contribution is 0.340. The van der Waals surface area contributed by atoms with Crippen LogP contribution in [0.1, 0.15) is 50.8 Å². The van der Waals surface area contributed by atoms with Crippen molar-refractivity contribution in [3.8, 4) is 16.3 Å². The molecule has 0 amide bonds. The first kappa shape index (κ1) is 14.6. The standard InChI is InChI=1S/C17H20N4OS/c1-2-22-14-10-6-9-13(11-14)16-20-21-15(18-19-17(21)23-16)12-7-4-3-5-8-12/h6,9-12H,2-5,7-8H2,1H3. The Balaban J connectivity index is 1.69. The second-order valence-electron chi connectivity index (χ2n) is 5.96. The van der Waals surface area contributed by atoms with Gasteiger partial charge in [-0.3, -0.25) is 0 Å². The van der Waals surface area contributed by atoms with Crippen LogP contribution in [-0.2, 0) is 0 Å². The lowest BCUT2D eigenvalue weighted by Crippen LogP contribution is -2.09. The van der Waals surface area contributed by atoms with Crippen molar-refractivity contribution in [2.45, 2.75) is 44.9 Å². The van der Waals surface area contributed by atoms with E-state index in [4.69, 9.17) is 9.84 Å². The minimum Gasteiger partial charge on any atom is -0.494 e. The predicted molar refractivity (Wildman–Crippen MR) is 91.1 cm³/mol. The van der Waals surface area contributed by atoms with E-state index in [9.17, 15) is 0 Å². The van der Waals surface area contributed by atoms with Crippen molar-refractivity contribution < 1.29 is 4.74 Å². The van der Waals surface area contributed by atoms with Crippen LogP contribution in [0.3, 0.4) is 0 Å². The molecule has 0 bridgehead atoms. The van der Waals surface area contributed by atoms with E-state index in [0.29, 0.717) is 12.5 Å². The third kappa shape index (κ3) is 2.83. The summed E-state index contributed by atoms with van der Waals surface area (Å²) < 4.78 is 7.53. The van der Waals surface area contributed by atoms with Crippen LogP contribution in [0, 0.1) is 0 Å². The molecule has 0 spiro atoms. The van der Waals surface area contributed by atoms with Gasteiger partial charge in [-0.05, 0) is 31.9 Å². The largest absolute Gasteiger partial charge is 0.494 e. The number of nitrogens with zero attached hydrogens (tertiary/aromatic N) is 4. The first-order valence-corrected chi connectivity index (χ1v) is 9.12. The summed E-state index contributed by atoms with van der Waals surface area (Å²) >= 11 is 1.58. The van der Waals surface area contributed by atoms with Crippen molar-refractivity contribution in [3.63, 3.8) is 0 Å². The molecule has 2 aromatic heterocycles. The van der Waals surface area contributed by atoms with Gasteiger partial charge in [0.2, 0.25) is 4.96 Å². The van der Waals surface area contributed by atoms with E-state index in [1.165, 1.54) is 32.1 Å². The summed E-state index contributed by atoms with van der Waals surface area (Å²) in [5, 5.41) is 14.5. The minimum atomic E-state index is 0.503.